The minimum atomic E-state index is 0.101. The summed E-state index contributed by atoms with van der Waals surface area (Å²) in [7, 11) is 0. The van der Waals surface area contributed by atoms with Crippen molar-refractivity contribution in [3.8, 4) is 5.75 Å². The highest BCUT2D eigenvalue weighted by Crippen LogP contribution is 2.25. The minimum absolute atomic E-state index is 0.101. The molecule has 2 aromatic rings. The molecule has 0 spiro atoms. The average Bonchev–Trinajstić information content (AvgIpc) is 2.40. The van der Waals surface area contributed by atoms with Gasteiger partial charge in [-0.05, 0) is 36.2 Å². The van der Waals surface area contributed by atoms with Crippen molar-refractivity contribution in [2.45, 2.75) is 19.5 Å². The number of phenolic OH excluding ortho intramolecular Hbond substituents is 1. The summed E-state index contributed by atoms with van der Waals surface area (Å²) in [5, 5.41) is 13.9. The van der Waals surface area contributed by atoms with Crippen molar-refractivity contribution >= 4 is 23.2 Å². The Morgan fingerprint density at radius 2 is 1.84 bits per heavy atom. The van der Waals surface area contributed by atoms with Crippen LogP contribution >= 0.6 is 23.2 Å². The van der Waals surface area contributed by atoms with E-state index in [4.69, 9.17) is 23.2 Å². The average molecular weight is 296 g/mol. The van der Waals surface area contributed by atoms with Crippen LogP contribution in [0.4, 0.5) is 0 Å². The van der Waals surface area contributed by atoms with Crippen molar-refractivity contribution in [1.29, 1.82) is 0 Å². The molecule has 0 aliphatic carbocycles. The molecule has 0 unspecified atom stereocenters. The van der Waals surface area contributed by atoms with Crippen LogP contribution in [0.5, 0.6) is 5.75 Å². The van der Waals surface area contributed by atoms with E-state index in [0.29, 0.717) is 11.6 Å². The third-order valence-electron chi connectivity index (χ3n) is 3.00. The van der Waals surface area contributed by atoms with E-state index in [9.17, 15) is 5.11 Å². The van der Waals surface area contributed by atoms with Gasteiger partial charge in [0.25, 0.3) is 0 Å². The predicted molar refractivity (Wildman–Crippen MR) is 79.8 cm³/mol. The van der Waals surface area contributed by atoms with Gasteiger partial charge in [0.05, 0.1) is 5.02 Å². The molecule has 0 radical (unpaired) electrons. The lowest BCUT2D eigenvalue weighted by molar-refractivity contribution is 0.475. The van der Waals surface area contributed by atoms with Crippen LogP contribution in [-0.2, 0) is 6.54 Å². The SMILES string of the molecule is C[C@H](NCc1ccc(O)c(Cl)c1)c1ccccc1Cl. The first-order valence-electron chi connectivity index (χ1n) is 6.03. The lowest BCUT2D eigenvalue weighted by atomic mass is 10.1. The van der Waals surface area contributed by atoms with Gasteiger partial charge < -0.3 is 10.4 Å². The second kappa shape index (κ2) is 6.29. The molecule has 0 fully saturated rings. The molecule has 0 saturated heterocycles. The Labute approximate surface area is 123 Å². The Kier molecular flexibility index (Phi) is 4.70. The van der Waals surface area contributed by atoms with Crippen LogP contribution < -0.4 is 5.32 Å². The van der Waals surface area contributed by atoms with Crippen LogP contribution in [0, 0.1) is 0 Å². The highest BCUT2D eigenvalue weighted by atomic mass is 35.5. The molecule has 0 bridgehead atoms. The summed E-state index contributed by atoms with van der Waals surface area (Å²) in [4.78, 5) is 0. The summed E-state index contributed by atoms with van der Waals surface area (Å²) >= 11 is 12.0. The van der Waals surface area contributed by atoms with E-state index < -0.39 is 0 Å². The first-order valence-corrected chi connectivity index (χ1v) is 6.78. The quantitative estimate of drug-likeness (QED) is 0.867. The molecule has 4 heteroatoms. The van der Waals surface area contributed by atoms with Crippen LogP contribution in [0.3, 0.4) is 0 Å². The minimum Gasteiger partial charge on any atom is -0.506 e. The molecular formula is C15H15Cl2NO. The zero-order valence-corrected chi connectivity index (χ0v) is 12.0. The van der Waals surface area contributed by atoms with Crippen LogP contribution in [0.1, 0.15) is 24.1 Å². The molecule has 100 valence electrons. The molecule has 2 rings (SSSR count). The first kappa shape index (κ1) is 14.2. The molecule has 0 heterocycles. The molecule has 2 N–H and O–H groups in total. The van der Waals surface area contributed by atoms with Gasteiger partial charge in [-0.2, -0.15) is 0 Å². The van der Waals surface area contributed by atoms with E-state index in [1.54, 1.807) is 12.1 Å². The van der Waals surface area contributed by atoms with E-state index in [1.165, 1.54) is 0 Å². The van der Waals surface area contributed by atoms with Gasteiger partial charge in [-0.3, -0.25) is 0 Å². The molecule has 0 saturated carbocycles. The second-order valence-corrected chi connectivity index (χ2v) is 5.22. The number of benzene rings is 2. The fraction of sp³-hybridized carbons (Fsp3) is 0.200. The van der Waals surface area contributed by atoms with Gasteiger partial charge >= 0.3 is 0 Å². The fourth-order valence-corrected chi connectivity index (χ4v) is 2.37. The molecule has 19 heavy (non-hydrogen) atoms. The molecule has 0 aliphatic heterocycles. The second-order valence-electron chi connectivity index (χ2n) is 4.41. The lowest BCUT2D eigenvalue weighted by Gasteiger charge is -2.16. The fourth-order valence-electron chi connectivity index (χ4n) is 1.87. The molecule has 0 amide bonds. The number of phenols is 1. The highest BCUT2D eigenvalue weighted by molar-refractivity contribution is 6.32. The molecule has 0 aromatic heterocycles. The van der Waals surface area contributed by atoms with Gasteiger partial charge in [-0.25, -0.2) is 0 Å². The summed E-state index contributed by atoms with van der Waals surface area (Å²) in [6.07, 6.45) is 0. The number of hydrogen-bond acceptors (Lipinski definition) is 2. The monoisotopic (exact) mass is 295 g/mol. The Bertz CT molecular complexity index is 572. The summed E-state index contributed by atoms with van der Waals surface area (Å²) in [5.41, 5.74) is 2.08. The van der Waals surface area contributed by atoms with E-state index in [1.807, 2.05) is 30.3 Å². The van der Waals surface area contributed by atoms with Gasteiger partial charge in [-0.1, -0.05) is 47.5 Å². The smallest absolute Gasteiger partial charge is 0.134 e. The van der Waals surface area contributed by atoms with Crippen molar-refractivity contribution in [3.63, 3.8) is 0 Å². The van der Waals surface area contributed by atoms with Gasteiger partial charge in [0.1, 0.15) is 5.75 Å². The first-order chi connectivity index (χ1) is 9.08. The number of halogens is 2. The highest BCUT2D eigenvalue weighted by Gasteiger charge is 2.08. The van der Waals surface area contributed by atoms with Crippen molar-refractivity contribution in [2.75, 3.05) is 0 Å². The summed E-state index contributed by atoms with van der Waals surface area (Å²) < 4.78 is 0. The summed E-state index contributed by atoms with van der Waals surface area (Å²) in [5.74, 6) is 0.101. The van der Waals surface area contributed by atoms with Crippen LogP contribution in [0.15, 0.2) is 42.5 Å². The van der Waals surface area contributed by atoms with Gasteiger partial charge in [0, 0.05) is 17.6 Å². The number of aromatic hydroxyl groups is 1. The third-order valence-corrected chi connectivity index (χ3v) is 3.64. The van der Waals surface area contributed by atoms with Gasteiger partial charge in [0.15, 0.2) is 0 Å². The van der Waals surface area contributed by atoms with Crippen LogP contribution in [-0.4, -0.2) is 5.11 Å². The third kappa shape index (κ3) is 3.63. The maximum Gasteiger partial charge on any atom is 0.134 e. The van der Waals surface area contributed by atoms with Gasteiger partial charge in [0.2, 0.25) is 0 Å². The Morgan fingerprint density at radius 1 is 1.11 bits per heavy atom. The Hall–Kier alpha value is -1.22. The predicted octanol–water partition coefficient (Wildman–Crippen LogP) is 4.55. The molecular weight excluding hydrogens is 281 g/mol. The molecule has 2 aromatic carbocycles. The normalized spacial score (nSPS) is 12.4. The van der Waals surface area contributed by atoms with Crippen LogP contribution in [0.2, 0.25) is 10.0 Å². The van der Waals surface area contributed by atoms with Crippen molar-refractivity contribution in [1.82, 2.24) is 5.32 Å². The standard InChI is InChI=1S/C15H15Cl2NO/c1-10(12-4-2-3-5-13(12)16)18-9-11-6-7-15(19)14(17)8-11/h2-8,10,18-19H,9H2,1H3/t10-/m0/s1. The van der Waals surface area contributed by atoms with Gasteiger partial charge in [-0.15, -0.1) is 0 Å². The summed E-state index contributed by atoms with van der Waals surface area (Å²) in [6.45, 7) is 2.72. The van der Waals surface area contributed by atoms with E-state index in [2.05, 4.69) is 12.2 Å². The van der Waals surface area contributed by atoms with E-state index >= 15 is 0 Å². The zero-order chi connectivity index (χ0) is 13.8. The molecule has 0 aliphatic rings. The summed E-state index contributed by atoms with van der Waals surface area (Å²) in [6, 6.07) is 13.1. The molecule has 1 atom stereocenters. The Morgan fingerprint density at radius 3 is 2.53 bits per heavy atom. The maximum atomic E-state index is 9.37. The lowest BCUT2D eigenvalue weighted by Crippen LogP contribution is -2.18. The van der Waals surface area contributed by atoms with E-state index in [0.717, 1.165) is 16.1 Å². The topological polar surface area (TPSA) is 32.3 Å². The Balaban J connectivity index is 2.02. The molecule has 2 nitrogen and oxygen atoms in total. The maximum absolute atomic E-state index is 9.37. The van der Waals surface area contributed by atoms with Crippen molar-refractivity contribution < 1.29 is 5.11 Å². The number of hydrogen-bond donors (Lipinski definition) is 2. The van der Waals surface area contributed by atoms with Crippen LogP contribution in [0.25, 0.3) is 0 Å². The zero-order valence-electron chi connectivity index (χ0n) is 10.5. The number of rotatable bonds is 4. The number of nitrogens with one attached hydrogen (secondary N) is 1. The largest absolute Gasteiger partial charge is 0.506 e. The van der Waals surface area contributed by atoms with E-state index in [-0.39, 0.29) is 11.8 Å². The van der Waals surface area contributed by atoms with Crippen molar-refractivity contribution in [3.05, 3.63) is 63.6 Å². The van der Waals surface area contributed by atoms with Crippen molar-refractivity contribution in [2.24, 2.45) is 0 Å².